The topological polar surface area (TPSA) is 34.1 Å². The largest absolute Gasteiger partial charge is 0.261 e. The van der Waals surface area contributed by atoms with E-state index in [0.717, 1.165) is 10.0 Å². The van der Waals surface area contributed by atoms with Gasteiger partial charge in [-0.2, -0.15) is 0 Å². The van der Waals surface area contributed by atoms with Crippen LogP contribution in [0.3, 0.4) is 0 Å². The molecule has 2 aromatic carbocycles. The fourth-order valence-corrected chi connectivity index (χ4v) is 2.99. The summed E-state index contributed by atoms with van der Waals surface area (Å²) in [5.74, 6) is 0. The van der Waals surface area contributed by atoms with Crippen LogP contribution in [0.1, 0.15) is 0 Å². The van der Waals surface area contributed by atoms with Gasteiger partial charge in [0.2, 0.25) is 0 Å². The molecule has 0 amide bonds. The Balaban J connectivity index is 2.72. The highest BCUT2D eigenvalue weighted by Crippen LogP contribution is 2.31. The van der Waals surface area contributed by atoms with E-state index >= 15 is 0 Å². The van der Waals surface area contributed by atoms with E-state index in [0.29, 0.717) is 5.56 Å². The molecule has 5 heteroatoms. The zero-order valence-corrected chi connectivity index (χ0v) is 11.8. The fourth-order valence-electron chi connectivity index (χ4n) is 1.56. The quantitative estimate of drug-likeness (QED) is 0.778. The standard InChI is InChI=1S/C12H8BrClO2S/c13-10-6-7-12(17(14,15)16)11(8-10)9-4-2-1-3-5-9/h1-8H. The minimum atomic E-state index is -3.75. The summed E-state index contributed by atoms with van der Waals surface area (Å²) in [7, 11) is 1.68. The lowest BCUT2D eigenvalue weighted by Gasteiger charge is -2.07. The average Bonchev–Trinajstić information content (AvgIpc) is 2.28. The summed E-state index contributed by atoms with van der Waals surface area (Å²) < 4.78 is 23.8. The molecule has 0 aliphatic rings. The number of benzene rings is 2. The third kappa shape index (κ3) is 2.89. The fraction of sp³-hybridized carbons (Fsp3) is 0. The van der Waals surface area contributed by atoms with Crippen molar-refractivity contribution in [2.45, 2.75) is 4.90 Å². The number of halogens is 2. The van der Waals surface area contributed by atoms with E-state index in [1.165, 1.54) is 6.07 Å². The van der Waals surface area contributed by atoms with Gasteiger partial charge < -0.3 is 0 Å². The molecule has 0 saturated carbocycles. The van der Waals surface area contributed by atoms with Gasteiger partial charge in [0.1, 0.15) is 0 Å². The van der Waals surface area contributed by atoms with Gasteiger partial charge in [0, 0.05) is 20.7 Å². The average molecular weight is 332 g/mol. The van der Waals surface area contributed by atoms with Gasteiger partial charge >= 0.3 is 0 Å². The first-order valence-electron chi connectivity index (χ1n) is 4.78. The molecule has 88 valence electrons. The van der Waals surface area contributed by atoms with Crippen molar-refractivity contribution < 1.29 is 8.42 Å². The van der Waals surface area contributed by atoms with Gasteiger partial charge in [-0.15, -0.1) is 0 Å². The van der Waals surface area contributed by atoms with Gasteiger partial charge in [0.05, 0.1) is 4.90 Å². The highest BCUT2D eigenvalue weighted by atomic mass is 79.9. The molecule has 0 atom stereocenters. The Labute approximate surface area is 113 Å². The van der Waals surface area contributed by atoms with Crippen LogP contribution in [-0.2, 0) is 9.05 Å². The molecule has 0 radical (unpaired) electrons. The van der Waals surface area contributed by atoms with Crippen molar-refractivity contribution in [3.05, 3.63) is 53.0 Å². The van der Waals surface area contributed by atoms with Crippen LogP contribution in [0.4, 0.5) is 0 Å². The molecule has 0 saturated heterocycles. The maximum absolute atomic E-state index is 11.5. The van der Waals surface area contributed by atoms with Gasteiger partial charge in [0.15, 0.2) is 0 Å². The number of hydrogen-bond donors (Lipinski definition) is 0. The lowest BCUT2D eigenvalue weighted by Crippen LogP contribution is -1.94. The van der Waals surface area contributed by atoms with Crippen molar-refractivity contribution in [1.29, 1.82) is 0 Å². The molecule has 0 heterocycles. The smallest absolute Gasteiger partial charge is 0.207 e. The third-order valence-corrected chi connectivity index (χ3v) is 4.16. The zero-order valence-electron chi connectivity index (χ0n) is 8.60. The molecular weight excluding hydrogens is 324 g/mol. The molecular formula is C12H8BrClO2S. The van der Waals surface area contributed by atoms with Crippen molar-refractivity contribution in [2.75, 3.05) is 0 Å². The van der Waals surface area contributed by atoms with Gasteiger partial charge in [-0.3, -0.25) is 0 Å². The molecule has 2 aromatic rings. The summed E-state index contributed by atoms with van der Waals surface area (Å²) in [6.07, 6.45) is 0. The zero-order chi connectivity index (χ0) is 12.5. The van der Waals surface area contributed by atoms with E-state index in [4.69, 9.17) is 10.7 Å². The Kier molecular flexibility index (Phi) is 3.56. The molecule has 0 spiro atoms. The van der Waals surface area contributed by atoms with Crippen LogP contribution in [0.5, 0.6) is 0 Å². The minimum absolute atomic E-state index is 0.119. The maximum atomic E-state index is 11.5. The minimum Gasteiger partial charge on any atom is -0.207 e. The second-order valence-corrected chi connectivity index (χ2v) is 6.89. The van der Waals surface area contributed by atoms with E-state index in [9.17, 15) is 8.42 Å². The van der Waals surface area contributed by atoms with Gasteiger partial charge in [-0.05, 0) is 23.8 Å². The molecule has 2 rings (SSSR count). The molecule has 2 nitrogen and oxygen atoms in total. The number of rotatable bonds is 2. The molecule has 0 N–H and O–H groups in total. The second kappa shape index (κ2) is 4.80. The summed E-state index contributed by atoms with van der Waals surface area (Å²) in [5.41, 5.74) is 1.41. The van der Waals surface area contributed by atoms with Crippen LogP contribution in [0.2, 0.25) is 0 Å². The molecule has 0 bridgehead atoms. The number of hydrogen-bond acceptors (Lipinski definition) is 2. The van der Waals surface area contributed by atoms with Crippen molar-refractivity contribution in [1.82, 2.24) is 0 Å². The predicted molar refractivity (Wildman–Crippen MR) is 72.6 cm³/mol. The molecule has 0 aliphatic heterocycles. The van der Waals surface area contributed by atoms with Gasteiger partial charge in [-0.25, -0.2) is 8.42 Å². The van der Waals surface area contributed by atoms with E-state index in [1.807, 2.05) is 30.3 Å². The summed E-state index contributed by atoms with van der Waals surface area (Å²) in [4.78, 5) is 0.119. The van der Waals surface area contributed by atoms with E-state index in [-0.39, 0.29) is 4.90 Å². The lowest BCUT2D eigenvalue weighted by molar-refractivity contribution is 0.610. The van der Waals surface area contributed by atoms with Crippen molar-refractivity contribution in [2.24, 2.45) is 0 Å². The van der Waals surface area contributed by atoms with Crippen molar-refractivity contribution >= 4 is 35.7 Å². The first-order chi connectivity index (χ1) is 7.98. The molecule has 0 fully saturated rings. The Hall–Kier alpha value is -0.840. The van der Waals surface area contributed by atoms with Crippen LogP contribution in [0.25, 0.3) is 11.1 Å². The Morgan fingerprint density at radius 2 is 1.65 bits per heavy atom. The molecule has 0 aliphatic carbocycles. The Bertz CT molecular complexity index is 639. The lowest BCUT2D eigenvalue weighted by atomic mass is 10.1. The van der Waals surface area contributed by atoms with Gasteiger partial charge in [0.25, 0.3) is 9.05 Å². The van der Waals surface area contributed by atoms with Crippen LogP contribution in [-0.4, -0.2) is 8.42 Å². The Morgan fingerprint density at radius 1 is 1.00 bits per heavy atom. The van der Waals surface area contributed by atoms with Crippen LogP contribution >= 0.6 is 26.6 Å². The molecule has 17 heavy (non-hydrogen) atoms. The third-order valence-electron chi connectivity index (χ3n) is 2.29. The SMILES string of the molecule is O=S(=O)(Cl)c1ccc(Br)cc1-c1ccccc1. The van der Waals surface area contributed by atoms with E-state index < -0.39 is 9.05 Å². The molecule has 0 aromatic heterocycles. The second-order valence-electron chi connectivity index (χ2n) is 3.44. The molecule has 0 unspecified atom stereocenters. The monoisotopic (exact) mass is 330 g/mol. The summed E-state index contributed by atoms with van der Waals surface area (Å²) in [6.45, 7) is 0. The summed E-state index contributed by atoms with van der Waals surface area (Å²) in [6, 6.07) is 14.1. The van der Waals surface area contributed by atoms with Crippen LogP contribution < -0.4 is 0 Å². The summed E-state index contributed by atoms with van der Waals surface area (Å²) >= 11 is 3.32. The highest BCUT2D eigenvalue weighted by molar-refractivity contribution is 9.10. The first-order valence-corrected chi connectivity index (χ1v) is 7.88. The first kappa shape index (κ1) is 12.6. The van der Waals surface area contributed by atoms with Crippen LogP contribution in [0.15, 0.2) is 57.9 Å². The predicted octanol–water partition coefficient (Wildman–Crippen LogP) is 4.04. The summed E-state index contributed by atoms with van der Waals surface area (Å²) in [5, 5.41) is 0. The normalized spacial score (nSPS) is 11.4. The maximum Gasteiger partial charge on any atom is 0.261 e. The van der Waals surface area contributed by atoms with Gasteiger partial charge in [-0.1, -0.05) is 46.3 Å². The highest BCUT2D eigenvalue weighted by Gasteiger charge is 2.16. The van der Waals surface area contributed by atoms with Crippen molar-refractivity contribution in [3.8, 4) is 11.1 Å². The van der Waals surface area contributed by atoms with E-state index in [1.54, 1.807) is 12.1 Å². The Morgan fingerprint density at radius 3 is 2.24 bits per heavy atom. The van der Waals surface area contributed by atoms with E-state index in [2.05, 4.69) is 15.9 Å². The van der Waals surface area contributed by atoms with Crippen LogP contribution in [0, 0.1) is 0 Å². The van der Waals surface area contributed by atoms with Crippen molar-refractivity contribution in [3.63, 3.8) is 0 Å².